The highest BCUT2D eigenvalue weighted by atomic mass is 14.9. The van der Waals surface area contributed by atoms with Crippen molar-refractivity contribution < 1.29 is 0 Å². The number of unbranched alkanes of at least 4 members (excludes halogenated alkanes) is 5. The van der Waals surface area contributed by atoms with E-state index in [1.54, 1.807) is 0 Å². The van der Waals surface area contributed by atoms with Crippen molar-refractivity contribution in [3.05, 3.63) is 120 Å². The molecule has 0 amide bonds. The zero-order valence-corrected chi connectivity index (χ0v) is 35.4. The number of rotatable bonds is 12. The van der Waals surface area contributed by atoms with E-state index < -0.39 is 0 Å². The number of nitrogens with two attached hydrogens (primary N) is 2. The number of allylic oxidation sites excluding steroid dienone is 6. The number of hydrogen-bond donors (Lipinski definition) is 3. The van der Waals surface area contributed by atoms with E-state index in [9.17, 15) is 0 Å². The van der Waals surface area contributed by atoms with Crippen LogP contribution in [0.2, 0.25) is 0 Å². The third kappa shape index (κ3) is 31.9. The third-order valence-electron chi connectivity index (χ3n) is 7.93. The number of nitrogens with one attached hydrogen (secondary N) is 1. The molecule has 0 heterocycles. The summed E-state index contributed by atoms with van der Waals surface area (Å²) in [6.07, 6.45) is 20.3. The monoisotopic (exact) mass is 690 g/mol. The van der Waals surface area contributed by atoms with Gasteiger partial charge in [-0.15, -0.1) is 0 Å². The molecule has 0 saturated carbocycles. The quantitative estimate of drug-likeness (QED) is 0.208. The molecular formula is C47H83N3. The molecule has 1 atom stereocenters. The molecule has 0 fully saturated rings. The number of hydrogen-bond acceptors (Lipinski definition) is 3. The van der Waals surface area contributed by atoms with Crippen molar-refractivity contribution >= 4 is 11.3 Å². The highest BCUT2D eigenvalue weighted by Crippen LogP contribution is 2.25. The molecule has 1 unspecified atom stereocenters. The Bertz CT molecular complexity index is 1140. The molecule has 5 N–H and O–H groups in total. The molecule has 0 radical (unpaired) electrons. The highest BCUT2D eigenvalue weighted by Gasteiger charge is 2.07. The van der Waals surface area contributed by atoms with Gasteiger partial charge in [0.05, 0.1) is 0 Å². The Hall–Kier alpha value is -3.30. The van der Waals surface area contributed by atoms with Crippen molar-refractivity contribution in [2.75, 3.05) is 12.4 Å². The molecule has 3 heteroatoms. The van der Waals surface area contributed by atoms with Gasteiger partial charge in [-0.2, -0.15) is 0 Å². The molecule has 2 aromatic carbocycles. The average Bonchev–Trinajstić information content (AvgIpc) is 3.67. The third-order valence-corrected chi connectivity index (χ3v) is 7.93. The maximum atomic E-state index is 5.48. The van der Waals surface area contributed by atoms with Gasteiger partial charge in [0.25, 0.3) is 0 Å². The molecule has 2 aromatic rings. The first-order valence-electron chi connectivity index (χ1n) is 19.4. The van der Waals surface area contributed by atoms with E-state index >= 15 is 0 Å². The topological polar surface area (TPSA) is 64.1 Å². The fourth-order valence-corrected chi connectivity index (χ4v) is 3.65. The van der Waals surface area contributed by atoms with Gasteiger partial charge < -0.3 is 16.8 Å². The molecule has 3 nitrogen and oxygen atoms in total. The second-order valence-electron chi connectivity index (χ2n) is 12.8. The minimum absolute atomic E-state index is 0.505. The van der Waals surface area contributed by atoms with Crippen molar-refractivity contribution in [1.29, 1.82) is 0 Å². The van der Waals surface area contributed by atoms with Crippen molar-refractivity contribution in [3.63, 3.8) is 0 Å². The summed E-state index contributed by atoms with van der Waals surface area (Å²) in [6, 6.07) is 14.7. The molecule has 0 spiro atoms. The lowest BCUT2D eigenvalue weighted by atomic mass is 10.0. The lowest BCUT2D eigenvalue weighted by Gasteiger charge is -2.14. The maximum absolute atomic E-state index is 5.48. The van der Waals surface area contributed by atoms with Gasteiger partial charge in [-0.25, -0.2) is 0 Å². The van der Waals surface area contributed by atoms with Crippen LogP contribution in [0, 0.1) is 26.7 Å². The Morgan fingerprint density at radius 3 is 1.52 bits per heavy atom. The van der Waals surface area contributed by atoms with Gasteiger partial charge in [-0.05, 0) is 87.4 Å². The Balaban J connectivity index is -0.000000280. The van der Waals surface area contributed by atoms with Gasteiger partial charge in [0.1, 0.15) is 0 Å². The Morgan fingerprint density at radius 2 is 1.20 bits per heavy atom. The fourth-order valence-electron chi connectivity index (χ4n) is 3.65. The van der Waals surface area contributed by atoms with Crippen molar-refractivity contribution in [2.24, 2.45) is 17.4 Å². The first-order valence-corrected chi connectivity index (χ1v) is 19.4. The smallest absolute Gasteiger partial charge is 0.0419 e. The summed E-state index contributed by atoms with van der Waals surface area (Å²) in [5.74, 6) is 0.505. The second kappa shape index (κ2) is 38.5. The lowest BCUT2D eigenvalue weighted by Crippen LogP contribution is -2.06. The van der Waals surface area contributed by atoms with E-state index in [1.165, 1.54) is 93.5 Å². The molecule has 0 bridgehead atoms. The SMILES string of the molecule is C=C(N)C(C)CCCC.C=C(Nc1cc(C(=C)C)ccc1C)C1=CC=CC1.CCCC.CCCC.CCCCC.CN.Cc1ccccc1C. The van der Waals surface area contributed by atoms with Crippen LogP contribution in [-0.4, -0.2) is 7.05 Å². The van der Waals surface area contributed by atoms with Gasteiger partial charge in [0, 0.05) is 17.1 Å². The predicted octanol–water partition coefficient (Wildman–Crippen LogP) is 14.8. The van der Waals surface area contributed by atoms with Gasteiger partial charge in [0.15, 0.2) is 0 Å². The van der Waals surface area contributed by atoms with Crippen LogP contribution in [0.4, 0.5) is 5.69 Å². The summed E-state index contributed by atoms with van der Waals surface area (Å²) in [6.45, 7) is 37.6. The minimum Gasteiger partial charge on any atom is -0.402 e. The zero-order chi connectivity index (χ0) is 39.3. The normalized spacial score (nSPS) is 10.8. The molecule has 50 heavy (non-hydrogen) atoms. The summed E-state index contributed by atoms with van der Waals surface area (Å²) in [5.41, 5.74) is 20.3. The largest absolute Gasteiger partial charge is 0.402 e. The first kappa shape index (κ1) is 53.5. The van der Waals surface area contributed by atoms with Crippen LogP contribution in [0.3, 0.4) is 0 Å². The molecule has 1 aliphatic carbocycles. The predicted molar refractivity (Wildman–Crippen MR) is 235 cm³/mol. The highest BCUT2D eigenvalue weighted by molar-refractivity contribution is 5.69. The van der Waals surface area contributed by atoms with Crippen molar-refractivity contribution in [2.45, 2.75) is 154 Å². The number of anilines is 1. The summed E-state index contributed by atoms with van der Waals surface area (Å²) in [4.78, 5) is 0. The number of aryl methyl sites for hydroxylation is 3. The Morgan fingerprint density at radius 1 is 0.720 bits per heavy atom. The van der Waals surface area contributed by atoms with E-state index in [0.717, 1.165) is 34.6 Å². The van der Waals surface area contributed by atoms with Gasteiger partial charge in [-0.1, -0.05) is 193 Å². The standard InChI is InChI=1S/C17H19N.C8H17N.C8H10.C5H12.2C4H10.CH5N/c1-12(2)16-10-9-13(3)17(11-16)18-14(4)15-7-5-6-8-15;1-4-5-6-7(2)8(3)9;1-7-5-3-4-6-8(7)2;1-3-5-4-2;2*1-3-4-2;1-2/h5-7,9-11,18H,1,4,8H2,2-3H3;7H,3-6,9H2,1-2H3;3-6H,1-2H3;3-5H2,1-2H3;2*3-4H2,1-2H3;2H2,1H3. The summed E-state index contributed by atoms with van der Waals surface area (Å²) in [5, 5.41) is 3.40. The molecule has 3 rings (SSSR count). The second-order valence-corrected chi connectivity index (χ2v) is 12.8. The van der Waals surface area contributed by atoms with Gasteiger partial charge in [-0.3, -0.25) is 0 Å². The number of benzene rings is 2. The van der Waals surface area contributed by atoms with E-state index in [-0.39, 0.29) is 0 Å². The molecule has 0 aromatic heterocycles. The summed E-state index contributed by atoms with van der Waals surface area (Å²) >= 11 is 0. The molecular weight excluding hydrogens is 607 g/mol. The molecule has 0 aliphatic heterocycles. The van der Waals surface area contributed by atoms with Crippen LogP contribution in [0.5, 0.6) is 0 Å². The molecule has 286 valence electrons. The minimum atomic E-state index is 0.505. The van der Waals surface area contributed by atoms with Crippen molar-refractivity contribution in [3.8, 4) is 0 Å². The van der Waals surface area contributed by atoms with Crippen LogP contribution in [0.1, 0.15) is 155 Å². The van der Waals surface area contributed by atoms with Crippen LogP contribution in [-0.2, 0) is 0 Å². The van der Waals surface area contributed by atoms with Crippen LogP contribution in [0.15, 0.2) is 97.4 Å². The van der Waals surface area contributed by atoms with E-state index in [0.29, 0.717) is 5.92 Å². The summed E-state index contributed by atoms with van der Waals surface area (Å²) in [7, 11) is 1.50. The Labute approximate surface area is 313 Å². The molecule has 1 aliphatic rings. The molecule has 0 saturated heterocycles. The van der Waals surface area contributed by atoms with Crippen LogP contribution >= 0.6 is 0 Å². The first-order chi connectivity index (χ1) is 23.8. The van der Waals surface area contributed by atoms with E-state index in [1.807, 2.05) is 6.92 Å². The van der Waals surface area contributed by atoms with Gasteiger partial charge in [0.2, 0.25) is 0 Å². The van der Waals surface area contributed by atoms with E-state index in [4.69, 9.17) is 5.73 Å². The lowest BCUT2D eigenvalue weighted by molar-refractivity contribution is 0.569. The van der Waals surface area contributed by atoms with Crippen LogP contribution < -0.4 is 16.8 Å². The van der Waals surface area contributed by atoms with Crippen LogP contribution in [0.25, 0.3) is 5.57 Å². The van der Waals surface area contributed by atoms with Crippen molar-refractivity contribution in [1.82, 2.24) is 0 Å². The van der Waals surface area contributed by atoms with Gasteiger partial charge >= 0.3 is 0 Å². The summed E-state index contributed by atoms with van der Waals surface area (Å²) < 4.78 is 0. The fraction of sp³-hybridized carbons (Fsp3) is 0.532. The Kier molecular flexibility index (Phi) is 41.2. The van der Waals surface area contributed by atoms with E-state index in [2.05, 4.69) is 168 Å². The average molecular weight is 690 g/mol. The maximum Gasteiger partial charge on any atom is 0.0419 e. The zero-order valence-electron chi connectivity index (χ0n) is 35.4.